The second-order valence-corrected chi connectivity index (χ2v) is 5.72. The minimum absolute atomic E-state index is 0.188. The summed E-state index contributed by atoms with van der Waals surface area (Å²) in [4.78, 5) is 16.6. The molecule has 116 valence electrons. The smallest absolute Gasteiger partial charge is 0.250 e. The highest BCUT2D eigenvalue weighted by Gasteiger charge is 2.19. The lowest BCUT2D eigenvalue weighted by molar-refractivity contribution is 0.100. The van der Waals surface area contributed by atoms with Gasteiger partial charge in [-0.3, -0.25) is 4.79 Å². The molecule has 0 spiro atoms. The molecule has 0 aliphatic carbocycles. The second kappa shape index (κ2) is 5.39. The third-order valence-electron chi connectivity index (χ3n) is 4.33. The van der Waals surface area contributed by atoms with Crippen LogP contribution >= 0.6 is 0 Å². The van der Waals surface area contributed by atoms with Crippen LogP contribution in [0.2, 0.25) is 0 Å². The Hall–Kier alpha value is -2.88. The quantitative estimate of drug-likeness (QED) is 0.759. The van der Waals surface area contributed by atoms with Crippen LogP contribution in [0.25, 0.3) is 22.0 Å². The molecule has 1 aromatic heterocycles. The Morgan fingerprint density at radius 1 is 1.04 bits per heavy atom. The van der Waals surface area contributed by atoms with Crippen molar-refractivity contribution in [2.75, 3.05) is 0 Å². The van der Waals surface area contributed by atoms with Crippen molar-refractivity contribution >= 4 is 16.7 Å². The summed E-state index contributed by atoms with van der Waals surface area (Å²) in [7, 11) is 0. The molecule has 0 radical (unpaired) electrons. The van der Waals surface area contributed by atoms with E-state index in [1.807, 2.05) is 50.2 Å². The van der Waals surface area contributed by atoms with Crippen molar-refractivity contribution in [2.45, 2.75) is 20.8 Å². The van der Waals surface area contributed by atoms with Crippen LogP contribution in [0.5, 0.6) is 5.75 Å². The predicted octanol–water partition coefficient (Wildman–Crippen LogP) is 3.63. The van der Waals surface area contributed by atoms with Gasteiger partial charge in [-0.1, -0.05) is 36.4 Å². The molecule has 4 heteroatoms. The van der Waals surface area contributed by atoms with Crippen molar-refractivity contribution in [2.24, 2.45) is 5.73 Å². The molecule has 1 amide bonds. The Kier molecular flexibility index (Phi) is 3.52. The number of benzene rings is 2. The number of aromatic nitrogens is 1. The maximum Gasteiger partial charge on any atom is 0.250 e. The zero-order valence-electron chi connectivity index (χ0n) is 13.3. The van der Waals surface area contributed by atoms with Crippen LogP contribution < -0.4 is 5.73 Å². The predicted molar refractivity (Wildman–Crippen MR) is 91.6 cm³/mol. The molecule has 2 aromatic carbocycles. The van der Waals surface area contributed by atoms with Gasteiger partial charge in [-0.2, -0.15) is 0 Å². The molecule has 0 atom stereocenters. The molecule has 0 aliphatic heterocycles. The van der Waals surface area contributed by atoms with Gasteiger partial charge in [0, 0.05) is 5.56 Å². The zero-order chi connectivity index (χ0) is 16.7. The third kappa shape index (κ3) is 2.32. The molecule has 0 fully saturated rings. The lowest BCUT2D eigenvalue weighted by Gasteiger charge is -2.15. The Bertz CT molecular complexity index is 946. The minimum Gasteiger partial charge on any atom is -0.506 e. The van der Waals surface area contributed by atoms with Crippen molar-refractivity contribution in [1.29, 1.82) is 0 Å². The summed E-state index contributed by atoms with van der Waals surface area (Å²) < 4.78 is 0. The van der Waals surface area contributed by atoms with Crippen LogP contribution in [0, 0.1) is 20.8 Å². The van der Waals surface area contributed by atoms with E-state index >= 15 is 0 Å². The van der Waals surface area contributed by atoms with E-state index in [9.17, 15) is 9.90 Å². The molecule has 3 aromatic rings. The number of fused-ring (bicyclic) bond motifs is 1. The monoisotopic (exact) mass is 306 g/mol. The van der Waals surface area contributed by atoms with Gasteiger partial charge in [0.25, 0.3) is 0 Å². The number of nitrogens with zero attached hydrogens (tertiary/aromatic N) is 1. The first-order valence-corrected chi connectivity index (χ1v) is 7.40. The first kappa shape index (κ1) is 15.0. The molecule has 3 rings (SSSR count). The molecular formula is C19H18N2O2. The minimum atomic E-state index is -0.485. The van der Waals surface area contributed by atoms with Gasteiger partial charge in [-0.15, -0.1) is 0 Å². The fourth-order valence-electron chi connectivity index (χ4n) is 2.93. The van der Waals surface area contributed by atoms with Gasteiger partial charge in [-0.25, -0.2) is 4.98 Å². The number of nitrogens with two attached hydrogens (primary N) is 1. The lowest BCUT2D eigenvalue weighted by Crippen LogP contribution is -2.14. The summed E-state index contributed by atoms with van der Waals surface area (Å²) in [6.07, 6.45) is 0. The van der Waals surface area contributed by atoms with E-state index in [1.165, 1.54) is 0 Å². The summed E-state index contributed by atoms with van der Waals surface area (Å²) in [5.74, 6) is -0.297. The summed E-state index contributed by atoms with van der Waals surface area (Å²) in [6.45, 7) is 5.47. The van der Waals surface area contributed by atoms with Crippen molar-refractivity contribution in [1.82, 2.24) is 4.98 Å². The molecule has 1 heterocycles. The number of carbonyl (C=O) groups excluding carboxylic acids is 1. The highest BCUT2D eigenvalue weighted by Crippen LogP contribution is 2.35. The number of rotatable bonds is 2. The molecule has 0 aliphatic rings. The van der Waals surface area contributed by atoms with Gasteiger partial charge in [0.05, 0.1) is 17.0 Å². The van der Waals surface area contributed by atoms with E-state index in [2.05, 4.69) is 4.98 Å². The van der Waals surface area contributed by atoms with Gasteiger partial charge >= 0.3 is 0 Å². The van der Waals surface area contributed by atoms with Crippen LogP contribution in [0.3, 0.4) is 0 Å². The summed E-state index contributed by atoms with van der Waals surface area (Å²) >= 11 is 0. The van der Waals surface area contributed by atoms with Crippen molar-refractivity contribution in [3.8, 4) is 17.0 Å². The van der Waals surface area contributed by atoms with E-state index < -0.39 is 5.91 Å². The Morgan fingerprint density at radius 2 is 1.74 bits per heavy atom. The average Bonchev–Trinajstić information content (AvgIpc) is 2.55. The van der Waals surface area contributed by atoms with Crippen LogP contribution in [-0.2, 0) is 0 Å². The summed E-state index contributed by atoms with van der Waals surface area (Å²) in [5.41, 5.74) is 9.62. The van der Waals surface area contributed by atoms with Crippen molar-refractivity contribution in [3.05, 3.63) is 58.8 Å². The Morgan fingerprint density at radius 3 is 2.43 bits per heavy atom. The summed E-state index contributed by atoms with van der Waals surface area (Å²) in [5, 5.41) is 11.8. The van der Waals surface area contributed by atoms with Gasteiger partial charge < -0.3 is 10.8 Å². The normalized spacial score (nSPS) is 10.9. The van der Waals surface area contributed by atoms with E-state index in [0.29, 0.717) is 22.5 Å². The molecule has 0 saturated heterocycles. The van der Waals surface area contributed by atoms with Crippen molar-refractivity contribution < 1.29 is 9.90 Å². The van der Waals surface area contributed by atoms with Crippen molar-refractivity contribution in [3.63, 3.8) is 0 Å². The van der Waals surface area contributed by atoms with Gasteiger partial charge in [0.15, 0.2) is 0 Å². The fraction of sp³-hybridized carbons (Fsp3) is 0.158. The Labute approximate surface area is 134 Å². The van der Waals surface area contributed by atoms with Crippen LogP contribution in [0.15, 0.2) is 36.4 Å². The highest BCUT2D eigenvalue weighted by molar-refractivity contribution is 6.11. The first-order valence-electron chi connectivity index (χ1n) is 7.40. The van der Waals surface area contributed by atoms with E-state index in [1.54, 1.807) is 6.92 Å². The number of aryl methyl sites for hydroxylation is 1. The van der Waals surface area contributed by atoms with Crippen LogP contribution in [-0.4, -0.2) is 16.0 Å². The molecule has 0 saturated carbocycles. The third-order valence-corrected chi connectivity index (χ3v) is 4.33. The first-order chi connectivity index (χ1) is 10.9. The number of amides is 1. The SMILES string of the molecule is Cc1nc(-c2ccc3ccccc3c2C(N)=O)c(C)c(C)c1O. The number of primary amides is 1. The molecular weight excluding hydrogens is 288 g/mol. The maximum atomic E-state index is 12.1. The summed E-state index contributed by atoms with van der Waals surface area (Å²) in [6, 6.07) is 11.5. The molecule has 4 nitrogen and oxygen atoms in total. The standard InChI is InChI=1S/C19H18N2O2/c1-10-11(2)18(22)12(3)21-17(10)15-9-8-13-6-4-5-7-14(13)16(15)19(20)23/h4-9,22H,1-3H3,(H2,20,23). The Balaban J connectivity index is 2.42. The largest absolute Gasteiger partial charge is 0.506 e. The average molecular weight is 306 g/mol. The van der Waals surface area contributed by atoms with Gasteiger partial charge in [0.2, 0.25) is 5.91 Å². The molecule has 3 N–H and O–H groups in total. The number of hydrogen-bond acceptors (Lipinski definition) is 3. The molecule has 23 heavy (non-hydrogen) atoms. The van der Waals surface area contributed by atoms with Gasteiger partial charge in [0.1, 0.15) is 5.75 Å². The van der Waals surface area contributed by atoms with Gasteiger partial charge in [-0.05, 0) is 42.7 Å². The fourth-order valence-corrected chi connectivity index (χ4v) is 2.93. The molecule has 0 unspecified atom stereocenters. The van der Waals surface area contributed by atoms with Crippen LogP contribution in [0.1, 0.15) is 27.2 Å². The zero-order valence-corrected chi connectivity index (χ0v) is 13.3. The second-order valence-electron chi connectivity index (χ2n) is 5.72. The maximum absolute atomic E-state index is 12.1. The van der Waals surface area contributed by atoms with E-state index in [-0.39, 0.29) is 5.75 Å². The molecule has 0 bridgehead atoms. The number of aromatic hydroxyl groups is 1. The lowest BCUT2D eigenvalue weighted by atomic mass is 9.93. The number of hydrogen-bond donors (Lipinski definition) is 2. The van der Waals surface area contributed by atoms with Crippen LogP contribution in [0.4, 0.5) is 0 Å². The topological polar surface area (TPSA) is 76.2 Å². The number of carbonyl (C=O) groups is 1. The highest BCUT2D eigenvalue weighted by atomic mass is 16.3. The number of pyridine rings is 1. The van der Waals surface area contributed by atoms with E-state index in [4.69, 9.17) is 5.73 Å². The van der Waals surface area contributed by atoms with E-state index in [0.717, 1.165) is 21.9 Å².